The highest BCUT2D eigenvalue weighted by atomic mass is 79.9. The molecule has 2 heteroatoms. The van der Waals surface area contributed by atoms with E-state index < -0.39 is 0 Å². The van der Waals surface area contributed by atoms with E-state index in [1.165, 1.54) is 5.56 Å². The van der Waals surface area contributed by atoms with Crippen molar-refractivity contribution in [3.8, 4) is 5.75 Å². The molecule has 1 aliphatic carbocycles. The first kappa shape index (κ1) is 10.0. The highest BCUT2D eigenvalue weighted by Gasteiger charge is 2.28. The minimum Gasteiger partial charge on any atom is -0.490 e. The molecular formula is C12H15BrO. The maximum atomic E-state index is 5.83. The zero-order valence-corrected chi connectivity index (χ0v) is 9.96. The molecule has 76 valence electrons. The Hall–Kier alpha value is -0.500. The van der Waals surface area contributed by atoms with E-state index in [1.807, 2.05) is 6.07 Å². The topological polar surface area (TPSA) is 9.23 Å². The van der Waals surface area contributed by atoms with Crippen LogP contribution in [-0.4, -0.2) is 10.9 Å². The van der Waals surface area contributed by atoms with Crippen molar-refractivity contribution < 1.29 is 4.74 Å². The highest BCUT2D eigenvalue weighted by molar-refractivity contribution is 9.09. The molecule has 0 atom stereocenters. The molecule has 1 aromatic rings. The fourth-order valence-corrected chi connectivity index (χ4v) is 2.46. The van der Waals surface area contributed by atoms with Crippen LogP contribution in [0.25, 0.3) is 0 Å². The lowest BCUT2D eigenvalue weighted by molar-refractivity contribution is 0.128. The summed E-state index contributed by atoms with van der Waals surface area (Å²) in [5.41, 5.74) is 1.34. The lowest BCUT2D eigenvalue weighted by Crippen LogP contribution is -2.33. The molecule has 1 fully saturated rings. The Morgan fingerprint density at radius 3 is 2.86 bits per heavy atom. The Bertz CT molecular complexity index is 305. The summed E-state index contributed by atoms with van der Waals surface area (Å²) in [7, 11) is 0. The number of aryl methyl sites for hydroxylation is 1. The van der Waals surface area contributed by atoms with E-state index in [0.717, 1.165) is 25.0 Å². The molecule has 0 radical (unpaired) electrons. The van der Waals surface area contributed by atoms with E-state index in [1.54, 1.807) is 0 Å². The Labute approximate surface area is 93.6 Å². The van der Waals surface area contributed by atoms with Gasteiger partial charge in [0, 0.05) is 4.83 Å². The van der Waals surface area contributed by atoms with Crippen LogP contribution in [0.2, 0.25) is 0 Å². The average Bonchev–Trinajstić information content (AvgIpc) is 2.16. The lowest BCUT2D eigenvalue weighted by Gasteiger charge is -2.31. The maximum absolute atomic E-state index is 5.83. The summed E-state index contributed by atoms with van der Waals surface area (Å²) in [6.45, 7) is 2.16. The van der Waals surface area contributed by atoms with Crippen LogP contribution in [0, 0.1) is 0 Å². The van der Waals surface area contributed by atoms with Crippen molar-refractivity contribution in [3.63, 3.8) is 0 Å². The van der Waals surface area contributed by atoms with Gasteiger partial charge < -0.3 is 4.74 Å². The number of halogens is 1. The summed E-state index contributed by atoms with van der Waals surface area (Å²) in [6.07, 6.45) is 3.77. The molecule has 1 saturated carbocycles. The zero-order chi connectivity index (χ0) is 9.97. The van der Waals surface area contributed by atoms with Gasteiger partial charge in [0.05, 0.1) is 0 Å². The number of rotatable bonds is 3. The van der Waals surface area contributed by atoms with Gasteiger partial charge >= 0.3 is 0 Å². The summed E-state index contributed by atoms with van der Waals surface area (Å²) < 4.78 is 5.83. The lowest BCUT2D eigenvalue weighted by atomic mass is 9.96. The van der Waals surface area contributed by atoms with Crippen molar-refractivity contribution in [3.05, 3.63) is 29.8 Å². The van der Waals surface area contributed by atoms with Crippen molar-refractivity contribution in [2.75, 3.05) is 0 Å². The van der Waals surface area contributed by atoms with Gasteiger partial charge in [0.15, 0.2) is 0 Å². The van der Waals surface area contributed by atoms with Gasteiger partial charge in [0.25, 0.3) is 0 Å². The van der Waals surface area contributed by atoms with E-state index in [2.05, 4.69) is 41.1 Å². The van der Waals surface area contributed by atoms with Crippen molar-refractivity contribution in [2.45, 2.75) is 37.1 Å². The number of ether oxygens (including phenoxy) is 1. The van der Waals surface area contributed by atoms with E-state index in [9.17, 15) is 0 Å². The van der Waals surface area contributed by atoms with Crippen LogP contribution in [0.15, 0.2) is 24.3 Å². The predicted octanol–water partition coefficient (Wildman–Crippen LogP) is 3.55. The second kappa shape index (κ2) is 4.35. The Morgan fingerprint density at radius 2 is 2.21 bits per heavy atom. The molecule has 0 aliphatic heterocycles. The summed E-state index contributed by atoms with van der Waals surface area (Å²) in [5, 5.41) is 0. The molecule has 0 heterocycles. The largest absolute Gasteiger partial charge is 0.490 e. The maximum Gasteiger partial charge on any atom is 0.119 e. The molecule has 0 spiro atoms. The summed E-state index contributed by atoms with van der Waals surface area (Å²) >= 11 is 3.56. The second-order valence-electron chi connectivity index (χ2n) is 3.81. The number of hydrogen-bond acceptors (Lipinski definition) is 1. The first-order chi connectivity index (χ1) is 6.78. The third-order valence-corrected chi connectivity index (χ3v) is 3.39. The molecule has 0 N–H and O–H groups in total. The summed E-state index contributed by atoms with van der Waals surface area (Å²) in [4.78, 5) is 0.668. The van der Waals surface area contributed by atoms with Gasteiger partial charge in [-0.15, -0.1) is 0 Å². The normalized spacial score (nSPS) is 25.6. The molecular weight excluding hydrogens is 240 g/mol. The van der Waals surface area contributed by atoms with Gasteiger partial charge in [-0.05, 0) is 37.0 Å². The number of alkyl halides is 1. The molecule has 1 nitrogen and oxygen atoms in total. The number of benzene rings is 1. The molecule has 0 aromatic heterocycles. The molecule has 0 saturated heterocycles. The van der Waals surface area contributed by atoms with Crippen LogP contribution in [0.4, 0.5) is 0 Å². The van der Waals surface area contributed by atoms with Gasteiger partial charge in [-0.2, -0.15) is 0 Å². The minimum atomic E-state index is 0.423. The van der Waals surface area contributed by atoms with Crippen molar-refractivity contribution >= 4 is 15.9 Å². The monoisotopic (exact) mass is 254 g/mol. The fraction of sp³-hybridized carbons (Fsp3) is 0.500. The standard InChI is InChI=1S/C12H15BrO/c1-2-9-4-3-5-11(6-9)14-12-7-10(13)8-12/h3-6,10,12H,2,7-8H2,1H3. The SMILES string of the molecule is CCc1cccc(OC2CC(Br)C2)c1. The van der Waals surface area contributed by atoms with Crippen LogP contribution in [-0.2, 0) is 6.42 Å². The van der Waals surface area contributed by atoms with E-state index in [4.69, 9.17) is 4.74 Å². The van der Waals surface area contributed by atoms with Gasteiger partial charge in [0.2, 0.25) is 0 Å². The van der Waals surface area contributed by atoms with E-state index in [0.29, 0.717) is 10.9 Å². The minimum absolute atomic E-state index is 0.423. The predicted molar refractivity (Wildman–Crippen MR) is 62.2 cm³/mol. The van der Waals surface area contributed by atoms with Crippen LogP contribution in [0.3, 0.4) is 0 Å². The average molecular weight is 255 g/mol. The summed E-state index contributed by atoms with van der Waals surface area (Å²) in [6, 6.07) is 8.39. The van der Waals surface area contributed by atoms with E-state index >= 15 is 0 Å². The van der Waals surface area contributed by atoms with E-state index in [-0.39, 0.29) is 0 Å². The number of hydrogen-bond donors (Lipinski definition) is 0. The quantitative estimate of drug-likeness (QED) is 0.750. The van der Waals surface area contributed by atoms with Crippen LogP contribution >= 0.6 is 15.9 Å². The third-order valence-electron chi connectivity index (χ3n) is 2.65. The molecule has 2 rings (SSSR count). The fourth-order valence-electron chi connectivity index (χ4n) is 1.63. The first-order valence-corrected chi connectivity index (χ1v) is 6.09. The van der Waals surface area contributed by atoms with Crippen molar-refractivity contribution in [1.82, 2.24) is 0 Å². The molecule has 1 aliphatic rings. The van der Waals surface area contributed by atoms with Crippen molar-refractivity contribution in [2.24, 2.45) is 0 Å². The van der Waals surface area contributed by atoms with Gasteiger partial charge in [0.1, 0.15) is 11.9 Å². The van der Waals surface area contributed by atoms with Crippen LogP contribution in [0.1, 0.15) is 25.3 Å². The molecule has 0 amide bonds. The zero-order valence-electron chi connectivity index (χ0n) is 8.37. The van der Waals surface area contributed by atoms with Crippen LogP contribution in [0.5, 0.6) is 5.75 Å². The Kier molecular flexibility index (Phi) is 3.12. The van der Waals surface area contributed by atoms with Crippen molar-refractivity contribution in [1.29, 1.82) is 0 Å². The summed E-state index contributed by atoms with van der Waals surface area (Å²) in [5.74, 6) is 1.02. The Balaban J connectivity index is 1.95. The molecule has 0 unspecified atom stereocenters. The van der Waals surface area contributed by atoms with Gasteiger partial charge in [-0.3, -0.25) is 0 Å². The Morgan fingerprint density at radius 1 is 1.43 bits per heavy atom. The molecule has 1 aromatic carbocycles. The van der Waals surface area contributed by atoms with Gasteiger partial charge in [-0.1, -0.05) is 35.0 Å². The highest BCUT2D eigenvalue weighted by Crippen LogP contribution is 2.31. The molecule has 14 heavy (non-hydrogen) atoms. The van der Waals surface area contributed by atoms with Crippen LogP contribution < -0.4 is 4.74 Å². The van der Waals surface area contributed by atoms with Gasteiger partial charge in [-0.25, -0.2) is 0 Å². The second-order valence-corrected chi connectivity index (χ2v) is 5.10. The first-order valence-electron chi connectivity index (χ1n) is 5.17. The molecule has 0 bridgehead atoms. The smallest absolute Gasteiger partial charge is 0.119 e. The third kappa shape index (κ3) is 2.30.